The third-order valence-corrected chi connectivity index (χ3v) is 12.8. The zero-order valence-electron chi connectivity index (χ0n) is 28.8. The molecule has 3 saturated carbocycles. The van der Waals surface area contributed by atoms with Crippen molar-refractivity contribution in [3.63, 3.8) is 0 Å². The topological polar surface area (TPSA) is 176 Å². The molecular weight excluding hydrogens is 624 g/mol. The van der Waals surface area contributed by atoms with Crippen molar-refractivity contribution in [1.82, 2.24) is 0 Å². The number of ketones is 1. The number of hydrogen-bond donors (Lipinski definition) is 2. The first-order valence-corrected chi connectivity index (χ1v) is 16.8. The van der Waals surface area contributed by atoms with Gasteiger partial charge >= 0.3 is 23.9 Å². The number of hydrogen-bond acceptors (Lipinski definition) is 12. The smallest absolute Gasteiger partial charge is 0.335 e. The molecule has 2 heterocycles. The molecule has 11 unspecified atom stereocenters. The molecule has 2 bridgehead atoms. The number of furan rings is 1. The van der Waals surface area contributed by atoms with Crippen LogP contribution in [0.4, 0.5) is 0 Å². The maximum Gasteiger partial charge on any atom is 0.335 e. The summed E-state index contributed by atoms with van der Waals surface area (Å²) >= 11 is 0. The van der Waals surface area contributed by atoms with Crippen LogP contribution in [0.15, 0.2) is 34.2 Å². The predicted octanol–water partition coefficient (Wildman–Crippen LogP) is 3.77. The Morgan fingerprint density at radius 2 is 1.77 bits per heavy atom. The maximum absolute atomic E-state index is 15.3. The van der Waals surface area contributed by atoms with Crippen LogP contribution in [0.5, 0.6) is 0 Å². The van der Waals surface area contributed by atoms with Gasteiger partial charge in [-0.2, -0.15) is 0 Å². The molecular formula is C36H46O12. The van der Waals surface area contributed by atoms with Gasteiger partial charge in [-0.1, -0.05) is 48.5 Å². The molecule has 0 aromatic carbocycles. The quantitative estimate of drug-likeness (QED) is 0.303. The average Bonchev–Trinajstić information content (AvgIpc) is 3.69. The summed E-state index contributed by atoms with van der Waals surface area (Å²) in [5, 5.41) is 25.1. The number of rotatable bonds is 8. The van der Waals surface area contributed by atoms with Gasteiger partial charge in [-0.15, -0.1) is 0 Å². The number of cyclic esters (lactones) is 1. The van der Waals surface area contributed by atoms with Crippen molar-refractivity contribution in [1.29, 1.82) is 0 Å². The second kappa shape index (κ2) is 11.0. The SMILES string of the molecule is CCC(C)C(=O)OC1C2(C)CC3(OC(=O)C(C)C)C1(O)C(=O)C1=C4CC(=O)OC(c5ccoc5)C4(C)CCC1C3(C)C2C(O)C(=O)OC. The molecule has 12 nitrogen and oxygen atoms in total. The van der Waals surface area contributed by atoms with E-state index < -0.39 is 99.1 Å². The van der Waals surface area contributed by atoms with Crippen molar-refractivity contribution in [3.8, 4) is 0 Å². The van der Waals surface area contributed by atoms with Crippen LogP contribution in [0.25, 0.3) is 0 Å². The number of methoxy groups -OCH3 is 1. The zero-order valence-corrected chi connectivity index (χ0v) is 28.8. The number of fused-ring (bicyclic) bond motifs is 4. The molecule has 5 aliphatic rings. The van der Waals surface area contributed by atoms with Crippen LogP contribution in [0.3, 0.4) is 0 Å². The lowest BCUT2D eigenvalue weighted by Crippen LogP contribution is -2.80. The van der Waals surface area contributed by atoms with Gasteiger partial charge in [-0.05, 0) is 36.8 Å². The number of aliphatic hydroxyl groups excluding tert-OH is 1. The van der Waals surface area contributed by atoms with Gasteiger partial charge in [0, 0.05) is 39.7 Å². The Morgan fingerprint density at radius 3 is 2.35 bits per heavy atom. The minimum Gasteiger partial charge on any atom is -0.472 e. The van der Waals surface area contributed by atoms with E-state index in [0.29, 0.717) is 30.4 Å². The molecule has 2 N–H and O–H groups in total. The van der Waals surface area contributed by atoms with Gasteiger partial charge < -0.3 is 33.6 Å². The van der Waals surface area contributed by atoms with Gasteiger partial charge in [-0.3, -0.25) is 19.2 Å². The van der Waals surface area contributed by atoms with Gasteiger partial charge in [0.2, 0.25) is 5.60 Å². The van der Waals surface area contributed by atoms with Crippen LogP contribution in [0, 0.1) is 39.9 Å². The van der Waals surface area contributed by atoms with Crippen LogP contribution >= 0.6 is 0 Å². The van der Waals surface area contributed by atoms with Gasteiger partial charge in [-0.25, -0.2) is 4.79 Å². The summed E-state index contributed by atoms with van der Waals surface area (Å²) in [5.74, 6) is -6.89. The molecule has 1 aromatic heterocycles. The lowest BCUT2D eigenvalue weighted by Gasteiger charge is -2.66. The van der Waals surface area contributed by atoms with Crippen LogP contribution < -0.4 is 0 Å². The summed E-state index contributed by atoms with van der Waals surface area (Å²) in [6.07, 6.45) is -0.573. The predicted molar refractivity (Wildman–Crippen MR) is 165 cm³/mol. The largest absolute Gasteiger partial charge is 0.472 e. The summed E-state index contributed by atoms with van der Waals surface area (Å²) < 4.78 is 28.7. The van der Waals surface area contributed by atoms with Crippen LogP contribution in [0.2, 0.25) is 0 Å². The van der Waals surface area contributed by atoms with E-state index in [-0.39, 0.29) is 18.4 Å². The van der Waals surface area contributed by atoms with Crippen molar-refractivity contribution >= 4 is 29.7 Å². The van der Waals surface area contributed by atoms with E-state index in [1.807, 2.05) is 6.92 Å². The van der Waals surface area contributed by atoms with E-state index in [2.05, 4.69) is 0 Å². The third-order valence-electron chi connectivity index (χ3n) is 12.8. The fraction of sp³-hybridized carbons (Fsp3) is 0.694. The summed E-state index contributed by atoms with van der Waals surface area (Å²) in [7, 11) is 1.14. The van der Waals surface area contributed by atoms with E-state index >= 15 is 4.79 Å². The average molecular weight is 671 g/mol. The molecule has 0 spiro atoms. The van der Waals surface area contributed by atoms with Gasteiger partial charge in [0.15, 0.2) is 17.5 Å². The van der Waals surface area contributed by atoms with Crippen LogP contribution in [-0.2, 0) is 42.9 Å². The highest BCUT2D eigenvalue weighted by molar-refractivity contribution is 6.08. The first kappa shape index (κ1) is 34.4. The van der Waals surface area contributed by atoms with Gasteiger partial charge in [0.05, 0.1) is 37.9 Å². The number of aliphatic hydroxyl groups is 2. The molecule has 48 heavy (non-hydrogen) atoms. The molecule has 1 saturated heterocycles. The Morgan fingerprint density at radius 1 is 1.08 bits per heavy atom. The second-order valence-corrected chi connectivity index (χ2v) is 15.5. The van der Waals surface area contributed by atoms with Gasteiger partial charge in [0.1, 0.15) is 12.2 Å². The highest BCUT2D eigenvalue weighted by atomic mass is 16.6. The van der Waals surface area contributed by atoms with Crippen LogP contribution in [-0.4, -0.2) is 70.4 Å². The summed E-state index contributed by atoms with van der Waals surface area (Å²) in [6, 6.07) is 1.69. The normalized spacial score (nSPS) is 40.9. The van der Waals surface area contributed by atoms with E-state index in [0.717, 1.165) is 7.11 Å². The first-order chi connectivity index (χ1) is 22.4. The third kappa shape index (κ3) is 4.04. The molecule has 4 fully saturated rings. The van der Waals surface area contributed by atoms with Crippen molar-refractivity contribution in [2.24, 2.45) is 39.9 Å². The highest BCUT2D eigenvalue weighted by Gasteiger charge is 2.93. The second-order valence-electron chi connectivity index (χ2n) is 15.5. The lowest BCUT2D eigenvalue weighted by molar-refractivity contribution is -0.287. The number of carbonyl (C=O) groups is 5. The van der Waals surface area contributed by atoms with Crippen molar-refractivity contribution < 1.29 is 57.6 Å². The Bertz CT molecular complexity index is 1590. The van der Waals surface area contributed by atoms with E-state index in [1.165, 1.54) is 12.5 Å². The van der Waals surface area contributed by atoms with Crippen molar-refractivity contribution in [3.05, 3.63) is 35.3 Å². The molecule has 1 aromatic rings. The fourth-order valence-corrected chi connectivity index (χ4v) is 10.4. The van der Waals surface area contributed by atoms with E-state index in [1.54, 1.807) is 47.6 Å². The minimum absolute atomic E-state index is 0.158. The molecule has 0 amide bonds. The molecule has 11 atom stereocenters. The monoisotopic (exact) mass is 670 g/mol. The highest BCUT2D eigenvalue weighted by Crippen LogP contribution is 2.81. The molecule has 12 heteroatoms. The Labute approximate surface area is 279 Å². The van der Waals surface area contributed by atoms with Crippen molar-refractivity contribution in [2.75, 3.05) is 7.11 Å². The van der Waals surface area contributed by atoms with Gasteiger partial charge in [0.25, 0.3) is 0 Å². The standard InChI is InChI=1S/C36H46O12/c1-9-18(4)29(41)47-31-33(6)16-35(48-28(40)17(2)3)34(7,25(33)24(38)30(42)44-8)20-10-12-32(5)21(23(20)26(39)36(31,35)43)14-22(37)46-27(32)19-11-13-45-15-19/h11,13,15,17-18,20,24-25,27,31,38,43H,9-10,12,14,16H2,1-8H3. The first-order valence-electron chi connectivity index (χ1n) is 16.8. The fourth-order valence-electron chi connectivity index (χ4n) is 10.4. The number of Topliss-reactive ketones (excluding diaryl/α,β-unsaturated/α-hetero) is 1. The maximum atomic E-state index is 15.3. The molecule has 1 aliphatic heterocycles. The Balaban J connectivity index is 1.67. The Hall–Kier alpha value is -3.51. The molecule has 0 radical (unpaired) electrons. The van der Waals surface area contributed by atoms with E-state index in [9.17, 15) is 29.4 Å². The summed E-state index contributed by atoms with van der Waals surface area (Å²) in [4.78, 5) is 69.0. The summed E-state index contributed by atoms with van der Waals surface area (Å²) in [6.45, 7) is 12.0. The molecule has 6 rings (SSSR count). The molecule has 4 aliphatic carbocycles. The molecule has 262 valence electrons. The lowest BCUT2D eigenvalue weighted by atomic mass is 9.40. The van der Waals surface area contributed by atoms with Crippen LogP contribution in [0.1, 0.15) is 92.2 Å². The van der Waals surface area contributed by atoms with E-state index in [4.69, 9.17) is 23.4 Å². The Kier molecular flexibility index (Phi) is 7.87. The number of carbonyl (C=O) groups excluding carboxylic acids is 5. The minimum atomic E-state index is -2.62. The summed E-state index contributed by atoms with van der Waals surface area (Å²) in [5.41, 5.74) is -7.23. The zero-order chi connectivity index (χ0) is 35.4. The number of ether oxygens (including phenoxy) is 4. The number of esters is 4. The van der Waals surface area contributed by atoms with Crippen molar-refractivity contribution in [2.45, 2.75) is 110 Å².